The number of aromatic hydroxyl groups is 1. The Morgan fingerprint density at radius 1 is 1.20 bits per heavy atom. The van der Waals surface area contributed by atoms with Gasteiger partial charge in [-0.2, -0.15) is 0 Å². The molecule has 7 rings (SSSR count). The first-order valence-corrected chi connectivity index (χ1v) is 13.4. The van der Waals surface area contributed by atoms with Crippen molar-refractivity contribution in [2.45, 2.75) is 93.9 Å². The second-order valence-corrected chi connectivity index (χ2v) is 11.7. The number of amides is 2. The molecule has 1 spiro atoms. The Kier molecular flexibility index (Phi) is 4.58. The molecule has 2 saturated heterocycles. The molecule has 1 aromatic rings. The number of ether oxygens (including phenoxy) is 1. The predicted molar refractivity (Wildman–Crippen MR) is 128 cm³/mol. The standard InChI is InChI=1S/C28H34N2O5/c1-2-3-4-18-14-22(32)30(26(18)33)19-9-10-28(34)21-13-17-7-8-20(31)24-23(17)27(28,25(19)35-24)11-12-29(21)15-16-5-6-16/h4,7-8,16,19,21,25,31,34H,2-3,5-6,9-15H2,1H3/b18-4+/t19-,21-,25+,27+,28-/m1/s1. The maximum atomic E-state index is 13.4. The number of likely N-dealkylation sites (tertiary alicyclic amines) is 2. The number of carbonyl (C=O) groups is 2. The molecule has 6 aliphatic rings. The van der Waals surface area contributed by atoms with Crippen LogP contribution in [0.3, 0.4) is 0 Å². The minimum atomic E-state index is -1.01. The Morgan fingerprint density at radius 2 is 2.03 bits per heavy atom. The van der Waals surface area contributed by atoms with Crippen LogP contribution in [0, 0.1) is 5.92 Å². The van der Waals surface area contributed by atoms with Crippen LogP contribution in [-0.2, 0) is 21.4 Å². The van der Waals surface area contributed by atoms with E-state index in [4.69, 9.17) is 4.74 Å². The Bertz CT molecular complexity index is 1160. The lowest BCUT2D eigenvalue weighted by atomic mass is 9.48. The molecule has 0 unspecified atom stereocenters. The average Bonchev–Trinajstić information content (AvgIpc) is 3.51. The molecule has 3 heterocycles. The van der Waals surface area contributed by atoms with Crippen molar-refractivity contribution in [2.75, 3.05) is 13.1 Å². The first-order valence-electron chi connectivity index (χ1n) is 13.4. The molecule has 3 aliphatic carbocycles. The quantitative estimate of drug-likeness (QED) is 0.500. The minimum Gasteiger partial charge on any atom is -0.504 e. The number of hydrogen-bond donors (Lipinski definition) is 2. The molecule has 35 heavy (non-hydrogen) atoms. The number of allylic oxidation sites excluding steroid dienone is 1. The molecule has 7 nitrogen and oxygen atoms in total. The van der Waals surface area contributed by atoms with Crippen molar-refractivity contribution in [2.24, 2.45) is 5.92 Å². The molecular weight excluding hydrogens is 444 g/mol. The van der Waals surface area contributed by atoms with E-state index in [1.165, 1.54) is 17.7 Å². The van der Waals surface area contributed by atoms with Gasteiger partial charge in [-0.3, -0.25) is 19.4 Å². The number of hydrogen-bond acceptors (Lipinski definition) is 6. The van der Waals surface area contributed by atoms with Crippen LogP contribution in [0.4, 0.5) is 0 Å². The number of phenols is 1. The highest BCUT2D eigenvalue weighted by Gasteiger charge is 2.74. The van der Waals surface area contributed by atoms with Gasteiger partial charge in [-0.05, 0) is 69.0 Å². The third-order valence-electron chi connectivity index (χ3n) is 9.85. The molecule has 4 fully saturated rings. The van der Waals surface area contributed by atoms with Crippen molar-refractivity contribution in [3.05, 3.63) is 34.9 Å². The number of benzene rings is 1. The first-order chi connectivity index (χ1) is 16.9. The maximum absolute atomic E-state index is 13.4. The van der Waals surface area contributed by atoms with E-state index >= 15 is 0 Å². The summed E-state index contributed by atoms with van der Waals surface area (Å²) in [6.45, 7) is 3.93. The van der Waals surface area contributed by atoms with Crippen LogP contribution < -0.4 is 4.74 Å². The highest BCUT2D eigenvalue weighted by Crippen LogP contribution is 2.66. The predicted octanol–water partition coefficient (Wildman–Crippen LogP) is 2.81. The van der Waals surface area contributed by atoms with Gasteiger partial charge in [0.05, 0.1) is 23.5 Å². The van der Waals surface area contributed by atoms with Crippen LogP contribution in [0.2, 0.25) is 0 Å². The lowest BCUT2D eigenvalue weighted by molar-refractivity contribution is -0.201. The van der Waals surface area contributed by atoms with Crippen LogP contribution in [-0.4, -0.2) is 68.7 Å². The third-order valence-corrected chi connectivity index (χ3v) is 9.85. The molecule has 2 saturated carbocycles. The number of rotatable bonds is 5. The molecule has 3 aliphatic heterocycles. The molecule has 2 N–H and O–H groups in total. The van der Waals surface area contributed by atoms with Gasteiger partial charge in [0.15, 0.2) is 11.5 Å². The zero-order chi connectivity index (χ0) is 24.1. The number of phenolic OH excluding ortho intramolecular Hbond substituents is 1. The topological polar surface area (TPSA) is 90.3 Å². The normalized spacial score (nSPS) is 38.7. The summed E-state index contributed by atoms with van der Waals surface area (Å²) in [4.78, 5) is 30.5. The fourth-order valence-electron chi connectivity index (χ4n) is 8.13. The van der Waals surface area contributed by atoms with Gasteiger partial charge in [-0.25, -0.2) is 0 Å². The van der Waals surface area contributed by atoms with Crippen molar-refractivity contribution < 1.29 is 24.5 Å². The Morgan fingerprint density at radius 3 is 2.80 bits per heavy atom. The van der Waals surface area contributed by atoms with Gasteiger partial charge in [0.2, 0.25) is 5.91 Å². The maximum Gasteiger partial charge on any atom is 0.256 e. The summed E-state index contributed by atoms with van der Waals surface area (Å²) < 4.78 is 6.55. The zero-order valence-corrected chi connectivity index (χ0v) is 20.3. The van der Waals surface area contributed by atoms with Crippen LogP contribution in [0.15, 0.2) is 23.8 Å². The highest BCUT2D eigenvalue weighted by atomic mass is 16.5. The number of imide groups is 1. The first kappa shape index (κ1) is 21.9. The zero-order valence-electron chi connectivity index (χ0n) is 20.3. The Labute approximate surface area is 205 Å². The fourth-order valence-corrected chi connectivity index (χ4v) is 8.13. The molecular formula is C28H34N2O5. The lowest BCUT2D eigenvalue weighted by Gasteiger charge is -2.64. The van der Waals surface area contributed by atoms with Gasteiger partial charge in [0, 0.05) is 23.7 Å². The van der Waals surface area contributed by atoms with E-state index in [9.17, 15) is 19.8 Å². The monoisotopic (exact) mass is 478 g/mol. The van der Waals surface area contributed by atoms with Crippen molar-refractivity contribution in [1.29, 1.82) is 0 Å². The second-order valence-electron chi connectivity index (χ2n) is 11.7. The van der Waals surface area contributed by atoms with Crippen LogP contribution in [0.5, 0.6) is 11.5 Å². The molecule has 186 valence electrons. The van der Waals surface area contributed by atoms with E-state index in [1.54, 1.807) is 6.07 Å². The molecule has 1 aromatic carbocycles. The molecule has 2 bridgehead atoms. The number of piperidine rings is 1. The summed E-state index contributed by atoms with van der Waals surface area (Å²) in [7, 11) is 0. The molecule has 7 heteroatoms. The van der Waals surface area contributed by atoms with Gasteiger partial charge in [-0.15, -0.1) is 0 Å². The number of carbonyl (C=O) groups excluding carboxylic acids is 2. The van der Waals surface area contributed by atoms with Gasteiger partial charge in [0.1, 0.15) is 6.10 Å². The van der Waals surface area contributed by atoms with E-state index in [0.717, 1.165) is 49.4 Å². The largest absolute Gasteiger partial charge is 0.504 e. The van der Waals surface area contributed by atoms with Crippen molar-refractivity contribution in [3.63, 3.8) is 0 Å². The van der Waals surface area contributed by atoms with E-state index in [2.05, 4.69) is 11.8 Å². The highest BCUT2D eigenvalue weighted by molar-refractivity contribution is 6.13. The van der Waals surface area contributed by atoms with Gasteiger partial charge in [-0.1, -0.05) is 25.5 Å². The number of nitrogens with zero attached hydrogens (tertiary/aromatic N) is 2. The Balaban J connectivity index is 1.33. The van der Waals surface area contributed by atoms with Gasteiger partial charge < -0.3 is 14.9 Å². The van der Waals surface area contributed by atoms with Crippen LogP contribution in [0.25, 0.3) is 0 Å². The average molecular weight is 479 g/mol. The van der Waals surface area contributed by atoms with Crippen molar-refractivity contribution >= 4 is 11.8 Å². The van der Waals surface area contributed by atoms with E-state index < -0.39 is 23.2 Å². The van der Waals surface area contributed by atoms with E-state index in [0.29, 0.717) is 30.6 Å². The lowest BCUT2D eigenvalue weighted by Crippen LogP contribution is -2.78. The summed E-state index contributed by atoms with van der Waals surface area (Å²) in [5.41, 5.74) is 0.894. The number of aliphatic hydroxyl groups is 1. The smallest absolute Gasteiger partial charge is 0.256 e. The van der Waals surface area contributed by atoms with Crippen molar-refractivity contribution in [1.82, 2.24) is 9.80 Å². The second kappa shape index (κ2) is 7.32. The molecule has 0 aromatic heterocycles. The summed E-state index contributed by atoms with van der Waals surface area (Å²) in [6, 6.07) is 3.21. The van der Waals surface area contributed by atoms with Gasteiger partial charge >= 0.3 is 0 Å². The summed E-state index contributed by atoms with van der Waals surface area (Å²) in [5.74, 6) is 0.872. The van der Waals surface area contributed by atoms with Gasteiger partial charge in [0.25, 0.3) is 5.91 Å². The van der Waals surface area contributed by atoms with E-state index in [-0.39, 0.29) is 30.0 Å². The van der Waals surface area contributed by atoms with Crippen LogP contribution >= 0.6 is 0 Å². The Hall–Kier alpha value is -2.38. The third kappa shape index (κ3) is 2.74. The number of unbranched alkanes of at least 4 members (excludes halogenated alkanes) is 1. The summed E-state index contributed by atoms with van der Waals surface area (Å²) in [6.07, 6.45) is 8.19. The van der Waals surface area contributed by atoms with Crippen LogP contribution in [0.1, 0.15) is 69.4 Å². The summed E-state index contributed by atoms with van der Waals surface area (Å²) in [5, 5.41) is 23.4. The minimum absolute atomic E-state index is 0.0168. The van der Waals surface area contributed by atoms with E-state index in [1.807, 2.05) is 12.1 Å². The molecule has 5 atom stereocenters. The molecule has 0 radical (unpaired) electrons. The SMILES string of the molecule is CCC/C=C1\CC(=O)N([C@@H]2CC[C@@]3(O)[C@H]4Cc5ccc(O)c6c5[C@@]3(CCN4CC3CC3)[C@H]2O6)C1=O. The van der Waals surface area contributed by atoms with Crippen molar-refractivity contribution in [3.8, 4) is 11.5 Å². The summed E-state index contributed by atoms with van der Waals surface area (Å²) >= 11 is 0. The fraction of sp³-hybridized carbons (Fsp3) is 0.643. The molecule has 2 amide bonds.